The van der Waals surface area contributed by atoms with E-state index in [1.165, 1.54) is 10.9 Å². The first kappa shape index (κ1) is 11.0. The molecule has 2 rings (SSSR count). The van der Waals surface area contributed by atoms with Gasteiger partial charge in [0.25, 0.3) is 0 Å². The van der Waals surface area contributed by atoms with Crippen LogP contribution in [0.1, 0.15) is 18.9 Å². The zero-order valence-electron chi connectivity index (χ0n) is 9.57. The Kier molecular flexibility index (Phi) is 3.42. The summed E-state index contributed by atoms with van der Waals surface area (Å²) in [5.74, 6) is 0.953. The fourth-order valence-electron chi connectivity index (χ4n) is 1.85. The molecular weight excluding hydrogens is 198 g/mol. The van der Waals surface area contributed by atoms with Crippen LogP contribution < -0.4 is 10.5 Å². The standard InChI is InChI=1S/C14H17NO/c1-2-9-16-14-8-7-11(10-15)12-5-3-4-6-13(12)14/h3-8H,2,9-10,15H2,1H3. The topological polar surface area (TPSA) is 35.2 Å². The van der Waals surface area contributed by atoms with Crippen LogP contribution in [0.15, 0.2) is 36.4 Å². The zero-order chi connectivity index (χ0) is 11.4. The first-order valence-electron chi connectivity index (χ1n) is 5.70. The average Bonchev–Trinajstić information content (AvgIpc) is 2.36. The van der Waals surface area contributed by atoms with Crippen LogP contribution >= 0.6 is 0 Å². The van der Waals surface area contributed by atoms with Gasteiger partial charge in [-0.3, -0.25) is 0 Å². The lowest BCUT2D eigenvalue weighted by Gasteiger charge is -2.11. The fraction of sp³-hybridized carbons (Fsp3) is 0.286. The van der Waals surface area contributed by atoms with E-state index in [2.05, 4.69) is 19.1 Å². The Hall–Kier alpha value is -1.54. The number of nitrogens with two attached hydrogens (primary N) is 1. The molecule has 0 radical (unpaired) electrons. The molecule has 2 aromatic carbocycles. The molecule has 0 aliphatic heterocycles. The van der Waals surface area contributed by atoms with E-state index in [0.717, 1.165) is 24.2 Å². The third kappa shape index (κ3) is 2.02. The molecule has 84 valence electrons. The lowest BCUT2D eigenvalue weighted by molar-refractivity contribution is 0.321. The molecule has 0 aliphatic carbocycles. The van der Waals surface area contributed by atoms with E-state index >= 15 is 0 Å². The van der Waals surface area contributed by atoms with Gasteiger partial charge in [-0.2, -0.15) is 0 Å². The summed E-state index contributed by atoms with van der Waals surface area (Å²) in [5.41, 5.74) is 6.89. The molecule has 2 N–H and O–H groups in total. The number of benzene rings is 2. The molecule has 0 unspecified atom stereocenters. The molecule has 0 spiro atoms. The molecule has 0 saturated carbocycles. The van der Waals surface area contributed by atoms with Gasteiger partial charge < -0.3 is 10.5 Å². The van der Waals surface area contributed by atoms with Gasteiger partial charge in [0.1, 0.15) is 5.75 Å². The van der Waals surface area contributed by atoms with Crippen molar-refractivity contribution in [2.24, 2.45) is 5.73 Å². The van der Waals surface area contributed by atoms with Crippen molar-refractivity contribution in [3.05, 3.63) is 42.0 Å². The van der Waals surface area contributed by atoms with Crippen molar-refractivity contribution in [2.45, 2.75) is 19.9 Å². The maximum Gasteiger partial charge on any atom is 0.127 e. The van der Waals surface area contributed by atoms with E-state index < -0.39 is 0 Å². The summed E-state index contributed by atoms with van der Waals surface area (Å²) < 4.78 is 5.73. The smallest absolute Gasteiger partial charge is 0.127 e. The average molecular weight is 215 g/mol. The molecular formula is C14H17NO. The Morgan fingerprint density at radius 1 is 1.06 bits per heavy atom. The minimum atomic E-state index is 0.564. The molecule has 2 aromatic rings. The van der Waals surface area contributed by atoms with E-state index in [-0.39, 0.29) is 0 Å². The minimum absolute atomic E-state index is 0.564. The molecule has 16 heavy (non-hydrogen) atoms. The highest BCUT2D eigenvalue weighted by Gasteiger charge is 2.04. The lowest BCUT2D eigenvalue weighted by Crippen LogP contribution is -2.00. The highest BCUT2D eigenvalue weighted by Crippen LogP contribution is 2.28. The van der Waals surface area contributed by atoms with Crippen molar-refractivity contribution in [2.75, 3.05) is 6.61 Å². The Morgan fingerprint density at radius 3 is 2.50 bits per heavy atom. The monoisotopic (exact) mass is 215 g/mol. The summed E-state index contributed by atoms with van der Waals surface area (Å²) in [4.78, 5) is 0. The summed E-state index contributed by atoms with van der Waals surface area (Å²) in [7, 11) is 0. The highest BCUT2D eigenvalue weighted by molar-refractivity contribution is 5.91. The van der Waals surface area contributed by atoms with E-state index in [1.807, 2.05) is 24.3 Å². The number of rotatable bonds is 4. The van der Waals surface area contributed by atoms with Gasteiger partial charge in [-0.05, 0) is 23.4 Å². The maximum atomic E-state index is 5.73. The second kappa shape index (κ2) is 4.99. The number of hydrogen-bond acceptors (Lipinski definition) is 2. The Morgan fingerprint density at radius 2 is 1.81 bits per heavy atom. The van der Waals surface area contributed by atoms with Crippen LogP contribution in [0.2, 0.25) is 0 Å². The van der Waals surface area contributed by atoms with E-state index in [4.69, 9.17) is 10.5 Å². The molecule has 0 bridgehead atoms. The van der Waals surface area contributed by atoms with Crippen molar-refractivity contribution >= 4 is 10.8 Å². The Bertz CT molecular complexity index is 479. The summed E-state index contributed by atoms with van der Waals surface area (Å²) in [6.45, 7) is 3.43. The van der Waals surface area contributed by atoms with E-state index in [9.17, 15) is 0 Å². The second-order valence-corrected chi connectivity index (χ2v) is 3.82. The second-order valence-electron chi connectivity index (χ2n) is 3.82. The van der Waals surface area contributed by atoms with Crippen LogP contribution in [-0.4, -0.2) is 6.61 Å². The Labute approximate surface area is 96.0 Å². The quantitative estimate of drug-likeness (QED) is 0.850. The molecule has 0 aliphatic rings. The largest absolute Gasteiger partial charge is 0.493 e. The first-order chi connectivity index (χ1) is 7.86. The summed E-state index contributed by atoms with van der Waals surface area (Å²) >= 11 is 0. The summed E-state index contributed by atoms with van der Waals surface area (Å²) in [6, 6.07) is 12.3. The normalized spacial score (nSPS) is 10.6. The third-order valence-corrected chi connectivity index (χ3v) is 2.66. The van der Waals surface area contributed by atoms with E-state index in [1.54, 1.807) is 0 Å². The molecule has 0 aromatic heterocycles. The number of hydrogen-bond donors (Lipinski definition) is 1. The van der Waals surface area contributed by atoms with Crippen LogP contribution in [0.3, 0.4) is 0 Å². The van der Waals surface area contributed by atoms with Crippen molar-refractivity contribution in [3.63, 3.8) is 0 Å². The Balaban J connectivity index is 2.51. The first-order valence-corrected chi connectivity index (χ1v) is 5.70. The summed E-state index contributed by atoms with van der Waals surface area (Å²) in [5, 5.41) is 2.34. The predicted octanol–water partition coefficient (Wildman–Crippen LogP) is 3.09. The maximum absolute atomic E-state index is 5.73. The predicted molar refractivity (Wildman–Crippen MR) is 67.6 cm³/mol. The van der Waals surface area contributed by atoms with Crippen molar-refractivity contribution in [3.8, 4) is 5.75 Å². The third-order valence-electron chi connectivity index (χ3n) is 2.66. The highest BCUT2D eigenvalue weighted by atomic mass is 16.5. The van der Waals surface area contributed by atoms with Gasteiger partial charge in [0.15, 0.2) is 0 Å². The molecule has 0 saturated heterocycles. The number of ether oxygens (including phenoxy) is 1. The van der Waals surface area contributed by atoms with Gasteiger partial charge >= 0.3 is 0 Å². The SMILES string of the molecule is CCCOc1ccc(CN)c2ccccc12. The molecule has 2 nitrogen and oxygen atoms in total. The van der Waals surface area contributed by atoms with Crippen molar-refractivity contribution in [1.29, 1.82) is 0 Å². The van der Waals surface area contributed by atoms with Crippen molar-refractivity contribution < 1.29 is 4.74 Å². The molecule has 0 amide bonds. The van der Waals surface area contributed by atoms with Crippen molar-refractivity contribution in [1.82, 2.24) is 0 Å². The zero-order valence-corrected chi connectivity index (χ0v) is 9.57. The van der Waals surface area contributed by atoms with Crippen LogP contribution in [0, 0.1) is 0 Å². The van der Waals surface area contributed by atoms with Gasteiger partial charge in [0, 0.05) is 11.9 Å². The number of fused-ring (bicyclic) bond motifs is 1. The van der Waals surface area contributed by atoms with Gasteiger partial charge in [-0.25, -0.2) is 0 Å². The molecule has 0 fully saturated rings. The van der Waals surface area contributed by atoms with Crippen LogP contribution in [0.25, 0.3) is 10.8 Å². The van der Waals surface area contributed by atoms with Gasteiger partial charge in [-0.1, -0.05) is 37.3 Å². The minimum Gasteiger partial charge on any atom is -0.493 e. The van der Waals surface area contributed by atoms with E-state index in [0.29, 0.717) is 6.54 Å². The van der Waals surface area contributed by atoms with Gasteiger partial charge in [0.05, 0.1) is 6.61 Å². The van der Waals surface area contributed by atoms with Gasteiger partial charge in [-0.15, -0.1) is 0 Å². The molecule has 2 heteroatoms. The molecule has 0 heterocycles. The van der Waals surface area contributed by atoms with Crippen LogP contribution in [0.4, 0.5) is 0 Å². The van der Waals surface area contributed by atoms with Gasteiger partial charge in [0.2, 0.25) is 0 Å². The molecule has 0 atom stereocenters. The fourth-order valence-corrected chi connectivity index (χ4v) is 1.85. The summed E-state index contributed by atoms with van der Waals surface area (Å²) in [6.07, 6.45) is 1.02. The van der Waals surface area contributed by atoms with Crippen LogP contribution in [0.5, 0.6) is 5.75 Å². The van der Waals surface area contributed by atoms with Crippen LogP contribution in [-0.2, 0) is 6.54 Å². The lowest BCUT2D eigenvalue weighted by atomic mass is 10.0.